The molecule has 5 heteroatoms. The zero-order chi connectivity index (χ0) is 31.1. The molecule has 0 aromatic heterocycles. The number of amides is 1. The van der Waals surface area contributed by atoms with Crippen molar-refractivity contribution < 1.29 is 20.1 Å². The van der Waals surface area contributed by atoms with Crippen molar-refractivity contribution >= 4 is 5.91 Å². The highest BCUT2D eigenvalue weighted by atomic mass is 16.3. The Morgan fingerprint density at radius 1 is 0.643 bits per heavy atom. The van der Waals surface area contributed by atoms with Gasteiger partial charge < -0.3 is 20.6 Å². The molecule has 0 bridgehead atoms. The normalized spacial score (nSPS) is 15.3. The van der Waals surface area contributed by atoms with E-state index in [0.717, 1.165) is 44.4 Å². The average molecular weight is 590 g/mol. The molecule has 0 aromatic rings. The monoisotopic (exact) mass is 590 g/mol. The summed E-state index contributed by atoms with van der Waals surface area (Å²) in [5.41, 5.74) is 0. The van der Waals surface area contributed by atoms with Gasteiger partial charge in [0, 0.05) is 0 Å². The van der Waals surface area contributed by atoms with E-state index in [0.29, 0.717) is 0 Å². The van der Waals surface area contributed by atoms with Gasteiger partial charge in [0.1, 0.15) is 0 Å². The van der Waals surface area contributed by atoms with Crippen LogP contribution in [0.25, 0.3) is 0 Å². The quantitative estimate of drug-likeness (QED) is 0.0398. The summed E-state index contributed by atoms with van der Waals surface area (Å²) in [6.07, 6.45) is 37.1. The zero-order valence-electron chi connectivity index (χ0n) is 27.5. The fourth-order valence-electron chi connectivity index (χ4n) is 5.05. The zero-order valence-corrected chi connectivity index (χ0v) is 27.5. The average Bonchev–Trinajstić information content (AvgIpc) is 2.98. The van der Waals surface area contributed by atoms with Gasteiger partial charge in [-0.15, -0.1) is 0 Å². The minimum Gasteiger partial charge on any atom is -0.394 e. The van der Waals surface area contributed by atoms with Crippen LogP contribution in [0, 0.1) is 5.92 Å². The minimum absolute atomic E-state index is 0.408. The second-order valence-electron chi connectivity index (χ2n) is 12.0. The molecule has 0 rings (SSSR count). The van der Waals surface area contributed by atoms with Crippen LogP contribution in [0.5, 0.6) is 0 Å². The first-order valence-corrected chi connectivity index (χ1v) is 17.4. The predicted molar refractivity (Wildman–Crippen MR) is 180 cm³/mol. The number of hydrogen-bond donors (Lipinski definition) is 4. The van der Waals surface area contributed by atoms with Gasteiger partial charge in [-0.25, -0.2) is 0 Å². The highest BCUT2D eigenvalue weighted by molar-refractivity contribution is 5.82. The number of rotatable bonds is 29. The van der Waals surface area contributed by atoms with E-state index >= 15 is 0 Å². The first-order chi connectivity index (χ1) is 20.5. The van der Waals surface area contributed by atoms with Gasteiger partial charge >= 0.3 is 0 Å². The third-order valence-electron chi connectivity index (χ3n) is 7.81. The molecule has 42 heavy (non-hydrogen) atoms. The van der Waals surface area contributed by atoms with E-state index in [-0.39, 0.29) is 0 Å². The summed E-state index contributed by atoms with van der Waals surface area (Å²) < 4.78 is 0. The maximum absolute atomic E-state index is 12.3. The lowest BCUT2D eigenvalue weighted by Gasteiger charge is -2.20. The number of carbonyl (C=O) groups excluding carboxylic acids is 1. The van der Waals surface area contributed by atoms with E-state index in [1.807, 2.05) is 12.2 Å². The van der Waals surface area contributed by atoms with Gasteiger partial charge in [-0.05, 0) is 44.4 Å². The fourth-order valence-corrected chi connectivity index (χ4v) is 5.05. The molecule has 1 amide bonds. The van der Waals surface area contributed by atoms with E-state index in [1.165, 1.54) is 96.0 Å². The number of carbonyl (C=O) groups is 1. The van der Waals surface area contributed by atoms with Crippen LogP contribution >= 0.6 is 0 Å². The van der Waals surface area contributed by atoms with Gasteiger partial charge in [0.2, 0.25) is 0 Å². The fraction of sp³-hybridized carbons (Fsp3) is 0.757. The maximum atomic E-state index is 12.3. The number of unbranched alkanes of at least 4 members (excludes halogenated alkanes) is 14. The largest absolute Gasteiger partial charge is 0.394 e. The van der Waals surface area contributed by atoms with E-state index in [9.17, 15) is 20.1 Å². The van der Waals surface area contributed by atoms with Crippen molar-refractivity contribution in [1.82, 2.24) is 5.32 Å². The molecule has 244 valence electrons. The minimum atomic E-state index is -1.29. The van der Waals surface area contributed by atoms with Crippen LogP contribution in [-0.2, 0) is 4.79 Å². The highest BCUT2D eigenvalue weighted by Crippen LogP contribution is 2.16. The Balaban J connectivity index is 3.96. The van der Waals surface area contributed by atoms with Crippen LogP contribution in [0.4, 0.5) is 0 Å². The number of nitrogens with one attached hydrogen (secondary N) is 1. The van der Waals surface area contributed by atoms with Gasteiger partial charge in [-0.1, -0.05) is 159 Å². The maximum Gasteiger partial charge on any atom is 0.253 e. The summed E-state index contributed by atoms with van der Waals surface area (Å²) in [6, 6.07) is -0.854. The van der Waals surface area contributed by atoms with E-state index < -0.39 is 30.8 Å². The first kappa shape index (κ1) is 40.3. The number of aliphatic hydroxyl groups excluding tert-OH is 3. The lowest BCUT2D eigenvalue weighted by atomic mass is 9.98. The molecular formula is C37H67NO4. The smallest absolute Gasteiger partial charge is 0.253 e. The Bertz CT molecular complexity index is 715. The molecule has 0 saturated heterocycles. The third kappa shape index (κ3) is 26.0. The summed E-state index contributed by atoms with van der Waals surface area (Å²) in [4.78, 5) is 12.3. The Hall–Kier alpha value is -1.69. The Labute approximate surface area is 259 Å². The van der Waals surface area contributed by atoms with Crippen molar-refractivity contribution in [3.8, 4) is 0 Å². The van der Waals surface area contributed by atoms with Crippen molar-refractivity contribution in [1.29, 1.82) is 0 Å². The second-order valence-corrected chi connectivity index (χ2v) is 12.0. The highest BCUT2D eigenvalue weighted by Gasteiger charge is 2.21. The van der Waals surface area contributed by atoms with Crippen molar-refractivity contribution in [2.24, 2.45) is 5.92 Å². The van der Waals surface area contributed by atoms with Crippen LogP contribution in [0.1, 0.15) is 149 Å². The molecule has 0 aromatic carbocycles. The van der Waals surface area contributed by atoms with E-state index in [4.69, 9.17) is 0 Å². The summed E-state index contributed by atoms with van der Waals surface area (Å²) in [6.45, 7) is 6.46. The summed E-state index contributed by atoms with van der Waals surface area (Å²) in [7, 11) is 0. The molecule has 0 spiro atoms. The number of hydrogen-bond acceptors (Lipinski definition) is 4. The third-order valence-corrected chi connectivity index (χ3v) is 7.81. The van der Waals surface area contributed by atoms with Crippen LogP contribution in [0.3, 0.4) is 0 Å². The SMILES string of the molecule is CCCCCCC/C=C/C=C/CC/C=C/C(O)C(CO)NC(=O)[C@H](O)/C=C/CCCCCCCCCC[C@H](C)CCC. The molecule has 0 aliphatic carbocycles. The summed E-state index contributed by atoms with van der Waals surface area (Å²) in [5, 5.41) is 32.7. The Morgan fingerprint density at radius 2 is 1.17 bits per heavy atom. The summed E-state index contributed by atoms with van der Waals surface area (Å²) in [5.74, 6) is 0.268. The van der Waals surface area contributed by atoms with Crippen molar-refractivity contribution in [3.63, 3.8) is 0 Å². The van der Waals surface area contributed by atoms with Crippen LogP contribution in [0.15, 0.2) is 48.6 Å². The topological polar surface area (TPSA) is 89.8 Å². The van der Waals surface area contributed by atoms with Crippen LogP contribution < -0.4 is 5.32 Å². The van der Waals surface area contributed by atoms with Crippen LogP contribution in [-0.4, -0.2) is 46.1 Å². The molecule has 5 nitrogen and oxygen atoms in total. The molecule has 0 fully saturated rings. The van der Waals surface area contributed by atoms with Crippen LogP contribution in [0.2, 0.25) is 0 Å². The molecule has 2 unspecified atom stereocenters. The Morgan fingerprint density at radius 3 is 1.79 bits per heavy atom. The summed E-state index contributed by atoms with van der Waals surface area (Å²) >= 11 is 0. The molecule has 0 saturated carbocycles. The van der Waals surface area contributed by atoms with Crippen molar-refractivity contribution in [3.05, 3.63) is 48.6 Å². The molecular weight excluding hydrogens is 522 g/mol. The molecule has 0 heterocycles. The lowest BCUT2D eigenvalue weighted by molar-refractivity contribution is -0.128. The molecule has 0 aliphatic rings. The Kier molecular flexibility index (Phi) is 29.5. The van der Waals surface area contributed by atoms with Gasteiger partial charge in [0.05, 0.1) is 18.8 Å². The van der Waals surface area contributed by atoms with Gasteiger partial charge in [-0.2, -0.15) is 0 Å². The lowest BCUT2D eigenvalue weighted by Crippen LogP contribution is -2.48. The molecule has 4 N–H and O–H groups in total. The standard InChI is InChI=1S/C37H67NO4/c1-4-6-7-8-9-10-11-12-13-17-20-23-26-30-35(40)34(32-39)38-37(42)36(41)31-27-24-21-18-15-14-16-19-22-25-29-33(3)28-5-2/h11-13,17,26-27,30-31,33-36,39-41H,4-10,14-16,18-25,28-29,32H2,1-3H3,(H,38,42)/b12-11+,17-13+,30-26+,31-27+/t33-,34?,35?,36-/m1/s1. The predicted octanol–water partition coefficient (Wildman–Crippen LogP) is 8.89. The molecule has 0 radical (unpaired) electrons. The van der Waals surface area contributed by atoms with Gasteiger partial charge in [-0.3, -0.25) is 4.79 Å². The van der Waals surface area contributed by atoms with Crippen molar-refractivity contribution in [2.45, 2.75) is 167 Å². The first-order valence-electron chi connectivity index (χ1n) is 17.4. The van der Waals surface area contributed by atoms with Crippen molar-refractivity contribution in [2.75, 3.05) is 6.61 Å². The van der Waals surface area contributed by atoms with E-state index in [2.05, 4.69) is 50.4 Å². The van der Waals surface area contributed by atoms with E-state index in [1.54, 1.807) is 6.08 Å². The molecule has 4 atom stereocenters. The molecule has 0 aliphatic heterocycles. The van der Waals surface area contributed by atoms with Gasteiger partial charge in [0.15, 0.2) is 6.10 Å². The number of allylic oxidation sites excluding steroid dienone is 6. The number of aliphatic hydroxyl groups is 3. The second kappa shape index (κ2) is 30.8. The van der Waals surface area contributed by atoms with Gasteiger partial charge in [0.25, 0.3) is 5.91 Å².